The van der Waals surface area contributed by atoms with Crippen molar-refractivity contribution in [3.05, 3.63) is 0 Å². The van der Waals surface area contributed by atoms with Crippen molar-refractivity contribution in [2.75, 3.05) is 0 Å². The minimum atomic E-state index is 0.180. The Kier molecular flexibility index (Phi) is 3.00. The summed E-state index contributed by atoms with van der Waals surface area (Å²) in [4.78, 5) is 11.9. The van der Waals surface area contributed by atoms with E-state index in [-0.39, 0.29) is 17.9 Å². The highest BCUT2D eigenvalue weighted by molar-refractivity contribution is 5.79. The zero-order chi connectivity index (χ0) is 10.8. The first kappa shape index (κ1) is 10.5. The van der Waals surface area contributed by atoms with Crippen LogP contribution >= 0.6 is 0 Å². The van der Waals surface area contributed by atoms with Gasteiger partial charge in [-0.2, -0.15) is 0 Å². The third-order valence-electron chi connectivity index (χ3n) is 3.82. The van der Waals surface area contributed by atoms with Crippen LogP contribution in [0.15, 0.2) is 0 Å². The third kappa shape index (κ3) is 2.34. The lowest BCUT2D eigenvalue weighted by atomic mass is 10.0. The highest BCUT2D eigenvalue weighted by atomic mass is 16.1. The Morgan fingerprint density at radius 3 is 2.67 bits per heavy atom. The van der Waals surface area contributed by atoms with Crippen molar-refractivity contribution in [2.24, 2.45) is 17.8 Å². The number of carbonyl (C=O) groups excluding carboxylic acids is 1. The van der Waals surface area contributed by atoms with Crippen LogP contribution in [0.1, 0.15) is 39.0 Å². The highest BCUT2D eigenvalue weighted by Gasteiger charge is 2.48. The second-order valence-electron chi connectivity index (χ2n) is 4.95. The van der Waals surface area contributed by atoms with Gasteiger partial charge in [0, 0.05) is 18.4 Å². The molecular formula is C13H19NO. The Labute approximate surface area is 91.8 Å². The molecule has 0 aromatic carbocycles. The van der Waals surface area contributed by atoms with Gasteiger partial charge in [-0.3, -0.25) is 4.79 Å². The van der Waals surface area contributed by atoms with E-state index in [9.17, 15) is 4.79 Å². The zero-order valence-corrected chi connectivity index (χ0v) is 9.33. The second-order valence-corrected chi connectivity index (χ2v) is 4.95. The van der Waals surface area contributed by atoms with E-state index >= 15 is 0 Å². The molecule has 2 rings (SSSR count). The summed E-state index contributed by atoms with van der Waals surface area (Å²) in [5.74, 6) is 4.87. The fourth-order valence-corrected chi connectivity index (χ4v) is 2.69. The van der Waals surface area contributed by atoms with Gasteiger partial charge in [0.15, 0.2) is 0 Å². The van der Waals surface area contributed by atoms with Gasteiger partial charge in [0.1, 0.15) is 0 Å². The summed E-state index contributed by atoms with van der Waals surface area (Å²) < 4.78 is 0. The number of fused-ring (bicyclic) bond motifs is 1. The van der Waals surface area contributed by atoms with E-state index < -0.39 is 0 Å². The Hall–Kier alpha value is -0.970. The van der Waals surface area contributed by atoms with Gasteiger partial charge in [-0.25, -0.2) is 0 Å². The lowest BCUT2D eigenvalue weighted by Gasteiger charge is -2.18. The first-order chi connectivity index (χ1) is 7.24. The van der Waals surface area contributed by atoms with Gasteiger partial charge in [-0.15, -0.1) is 12.3 Å². The molecule has 2 aliphatic rings. The molecule has 0 bridgehead atoms. The number of amides is 1. The smallest absolute Gasteiger partial charge is 0.223 e. The number of terminal acetylenes is 1. The lowest BCUT2D eigenvalue weighted by Crippen LogP contribution is -2.38. The zero-order valence-electron chi connectivity index (χ0n) is 9.33. The molecule has 0 spiro atoms. The van der Waals surface area contributed by atoms with Crippen LogP contribution < -0.4 is 5.32 Å². The summed E-state index contributed by atoms with van der Waals surface area (Å²) in [6, 6.07) is 0.180. The summed E-state index contributed by atoms with van der Waals surface area (Å²) in [7, 11) is 0. The predicted octanol–water partition coefficient (Wildman–Crippen LogP) is 1.95. The molecule has 0 saturated heterocycles. The van der Waals surface area contributed by atoms with Crippen molar-refractivity contribution >= 4 is 5.91 Å². The third-order valence-corrected chi connectivity index (χ3v) is 3.82. The molecule has 0 aromatic heterocycles. The highest BCUT2D eigenvalue weighted by Crippen LogP contribution is 2.54. The lowest BCUT2D eigenvalue weighted by molar-refractivity contribution is -0.125. The fraction of sp³-hybridized carbons (Fsp3) is 0.769. The number of hydrogen-bond acceptors (Lipinski definition) is 1. The molecule has 0 heterocycles. The second kappa shape index (κ2) is 4.26. The average molecular weight is 205 g/mol. The Morgan fingerprint density at radius 1 is 1.47 bits per heavy atom. The first-order valence-corrected chi connectivity index (χ1v) is 5.98. The quantitative estimate of drug-likeness (QED) is 0.698. The molecule has 3 unspecified atom stereocenters. The predicted molar refractivity (Wildman–Crippen MR) is 60.0 cm³/mol. The number of rotatable bonds is 4. The largest absolute Gasteiger partial charge is 0.352 e. The molecule has 0 aliphatic heterocycles. The van der Waals surface area contributed by atoms with Gasteiger partial charge < -0.3 is 5.32 Å². The topological polar surface area (TPSA) is 29.1 Å². The summed E-state index contributed by atoms with van der Waals surface area (Å²) in [5.41, 5.74) is 0. The van der Waals surface area contributed by atoms with Crippen molar-refractivity contribution in [3.8, 4) is 12.3 Å². The summed E-state index contributed by atoms with van der Waals surface area (Å²) >= 11 is 0. The first-order valence-electron chi connectivity index (χ1n) is 5.98. The minimum absolute atomic E-state index is 0.180. The molecule has 0 aromatic rings. The summed E-state index contributed by atoms with van der Waals surface area (Å²) in [5, 5.41) is 3.07. The molecule has 2 nitrogen and oxygen atoms in total. The van der Waals surface area contributed by atoms with Gasteiger partial charge in [0.05, 0.1) is 0 Å². The van der Waals surface area contributed by atoms with Crippen LogP contribution in [0.2, 0.25) is 0 Å². The molecule has 3 atom stereocenters. The Bertz CT molecular complexity index is 281. The van der Waals surface area contributed by atoms with Crippen molar-refractivity contribution in [2.45, 2.75) is 45.1 Å². The Morgan fingerprint density at radius 2 is 2.13 bits per heavy atom. The Balaban J connectivity index is 1.78. The number of carbonyl (C=O) groups is 1. The van der Waals surface area contributed by atoms with Crippen LogP contribution in [0.3, 0.4) is 0 Å². The molecule has 1 N–H and O–H groups in total. The molecule has 1 amide bonds. The van der Waals surface area contributed by atoms with Crippen LogP contribution in [0.4, 0.5) is 0 Å². The molecule has 2 heteroatoms. The number of nitrogens with one attached hydrogen (secondary N) is 1. The van der Waals surface area contributed by atoms with Gasteiger partial charge in [-0.1, -0.05) is 6.92 Å². The maximum absolute atomic E-state index is 11.9. The van der Waals surface area contributed by atoms with Crippen LogP contribution in [-0.2, 0) is 4.79 Å². The van der Waals surface area contributed by atoms with Gasteiger partial charge in [0.2, 0.25) is 5.91 Å². The SMILES string of the molecule is C#CCC(CC)NC(=O)C1CC2CC2C1. The van der Waals surface area contributed by atoms with Crippen LogP contribution in [-0.4, -0.2) is 11.9 Å². The van der Waals surface area contributed by atoms with Gasteiger partial charge in [0.25, 0.3) is 0 Å². The van der Waals surface area contributed by atoms with Crippen molar-refractivity contribution in [1.82, 2.24) is 5.32 Å². The molecule has 2 aliphatic carbocycles. The van der Waals surface area contributed by atoms with E-state index in [4.69, 9.17) is 6.42 Å². The molecule has 2 saturated carbocycles. The molecule has 0 radical (unpaired) electrons. The molecule has 82 valence electrons. The van der Waals surface area contributed by atoms with Crippen LogP contribution in [0, 0.1) is 30.1 Å². The van der Waals surface area contributed by atoms with E-state index in [0.717, 1.165) is 31.1 Å². The van der Waals surface area contributed by atoms with Crippen LogP contribution in [0.25, 0.3) is 0 Å². The van der Waals surface area contributed by atoms with E-state index in [0.29, 0.717) is 6.42 Å². The van der Waals surface area contributed by atoms with Gasteiger partial charge in [-0.05, 0) is 37.5 Å². The molecule has 2 fully saturated rings. The van der Waals surface area contributed by atoms with Gasteiger partial charge >= 0.3 is 0 Å². The minimum Gasteiger partial charge on any atom is -0.352 e. The normalized spacial score (nSPS) is 34.0. The molecule has 15 heavy (non-hydrogen) atoms. The maximum Gasteiger partial charge on any atom is 0.223 e. The average Bonchev–Trinajstić information content (AvgIpc) is 2.85. The number of hydrogen-bond donors (Lipinski definition) is 1. The van der Waals surface area contributed by atoms with Crippen molar-refractivity contribution < 1.29 is 4.79 Å². The standard InChI is InChI=1S/C13H19NO/c1-3-5-12(4-2)14-13(15)11-7-9-6-10(9)8-11/h1,9-12H,4-8H2,2H3,(H,14,15). The van der Waals surface area contributed by atoms with E-state index in [1.165, 1.54) is 6.42 Å². The van der Waals surface area contributed by atoms with Crippen molar-refractivity contribution in [1.29, 1.82) is 0 Å². The molecular weight excluding hydrogens is 186 g/mol. The van der Waals surface area contributed by atoms with Crippen molar-refractivity contribution in [3.63, 3.8) is 0 Å². The maximum atomic E-state index is 11.9. The summed E-state index contributed by atoms with van der Waals surface area (Å²) in [6.45, 7) is 2.06. The monoisotopic (exact) mass is 205 g/mol. The van der Waals surface area contributed by atoms with E-state index in [1.807, 2.05) is 0 Å². The summed E-state index contributed by atoms with van der Waals surface area (Å²) in [6.07, 6.45) is 10.4. The van der Waals surface area contributed by atoms with E-state index in [2.05, 4.69) is 18.2 Å². The van der Waals surface area contributed by atoms with Crippen LogP contribution in [0.5, 0.6) is 0 Å². The van der Waals surface area contributed by atoms with E-state index in [1.54, 1.807) is 0 Å². The fourth-order valence-electron chi connectivity index (χ4n) is 2.69.